The Kier molecular flexibility index (Phi) is 7.80. The number of nitrogens with zero attached hydrogens (tertiary/aromatic N) is 1. The number of morpholine rings is 1. The summed E-state index contributed by atoms with van der Waals surface area (Å²) in [5, 5.41) is 0. The SMILES string of the molecule is CC(C)(C)c1cc2c(c(C(C)(C)C)c1)OP(N1CCOCC1)Oc1c(cc(C(C)(C)C)cc1C(C)(C)C)C2. The minimum Gasteiger partial charge on any atom is -0.426 e. The molecule has 1 saturated heterocycles. The Morgan fingerprint density at radius 3 is 1.32 bits per heavy atom. The maximum absolute atomic E-state index is 7.04. The molecule has 0 aliphatic carbocycles. The van der Waals surface area contributed by atoms with Crippen LogP contribution in [0.3, 0.4) is 0 Å². The Bertz CT molecular complexity index is 1090. The van der Waals surface area contributed by atoms with Crippen LogP contribution in [0.15, 0.2) is 24.3 Å². The number of hydrogen-bond donors (Lipinski definition) is 0. The van der Waals surface area contributed by atoms with Crippen LogP contribution in [0.2, 0.25) is 0 Å². The van der Waals surface area contributed by atoms with E-state index in [0.29, 0.717) is 13.2 Å². The lowest BCUT2D eigenvalue weighted by atomic mass is 9.76. The third-order valence-corrected chi connectivity index (χ3v) is 9.16. The van der Waals surface area contributed by atoms with Gasteiger partial charge in [-0.2, -0.15) is 0 Å². The van der Waals surface area contributed by atoms with Crippen LogP contribution >= 0.6 is 8.53 Å². The number of benzene rings is 2. The van der Waals surface area contributed by atoms with Crippen molar-refractivity contribution in [1.82, 2.24) is 4.67 Å². The average Bonchev–Trinajstić information content (AvgIpc) is 2.76. The van der Waals surface area contributed by atoms with Gasteiger partial charge in [0.2, 0.25) is 0 Å². The lowest BCUT2D eigenvalue weighted by Crippen LogP contribution is -2.35. The monoisotopic (exact) mass is 539 g/mol. The molecule has 0 bridgehead atoms. The molecule has 2 aromatic rings. The Labute approximate surface area is 233 Å². The van der Waals surface area contributed by atoms with E-state index in [1.807, 2.05) is 0 Å². The number of fused-ring (bicyclic) bond motifs is 2. The summed E-state index contributed by atoms with van der Waals surface area (Å²) in [6.07, 6.45) is 0.789. The van der Waals surface area contributed by atoms with E-state index in [1.165, 1.54) is 33.4 Å². The summed E-state index contributed by atoms with van der Waals surface area (Å²) in [6, 6.07) is 9.54. The quantitative estimate of drug-likeness (QED) is 0.339. The molecular weight excluding hydrogens is 489 g/mol. The van der Waals surface area contributed by atoms with E-state index in [-0.39, 0.29) is 21.7 Å². The molecule has 5 heteroatoms. The molecule has 0 unspecified atom stereocenters. The molecule has 4 nitrogen and oxygen atoms in total. The van der Waals surface area contributed by atoms with Gasteiger partial charge in [-0.3, -0.25) is 0 Å². The van der Waals surface area contributed by atoms with Gasteiger partial charge in [0, 0.05) is 30.6 Å². The molecule has 2 aliphatic rings. The van der Waals surface area contributed by atoms with Gasteiger partial charge in [-0.15, -0.1) is 0 Å². The minimum atomic E-state index is -1.36. The topological polar surface area (TPSA) is 30.9 Å². The first-order chi connectivity index (χ1) is 17.4. The fourth-order valence-corrected chi connectivity index (χ4v) is 6.55. The molecule has 2 aliphatic heterocycles. The van der Waals surface area contributed by atoms with Gasteiger partial charge in [-0.25, -0.2) is 4.67 Å². The van der Waals surface area contributed by atoms with E-state index in [2.05, 4.69) is 112 Å². The van der Waals surface area contributed by atoms with E-state index in [0.717, 1.165) is 31.0 Å². The van der Waals surface area contributed by atoms with E-state index in [9.17, 15) is 0 Å². The predicted molar refractivity (Wildman–Crippen MR) is 161 cm³/mol. The standard InChI is InChI=1S/C33H50NO3P/c1-30(2,3)24-18-22-17-23-19-25(31(4,5)6)21-27(33(10,11)12)29(23)37-38(34-13-15-35-16-14-34)36-28(22)26(20-24)32(7,8)9/h18-21H,13-17H2,1-12H3. The second-order valence-electron chi connectivity index (χ2n) is 15.2. The zero-order valence-corrected chi connectivity index (χ0v) is 26.9. The highest BCUT2D eigenvalue weighted by molar-refractivity contribution is 7.45. The van der Waals surface area contributed by atoms with Crippen LogP contribution in [0.1, 0.15) is 116 Å². The Hall–Kier alpha value is -1.61. The fourth-order valence-electron chi connectivity index (χ4n) is 5.05. The van der Waals surface area contributed by atoms with Crippen LogP contribution in [0.4, 0.5) is 0 Å². The van der Waals surface area contributed by atoms with Gasteiger partial charge < -0.3 is 13.8 Å². The highest BCUT2D eigenvalue weighted by atomic mass is 31.2. The minimum absolute atomic E-state index is 0.0372. The number of rotatable bonds is 1. The van der Waals surface area contributed by atoms with Crippen molar-refractivity contribution in [2.45, 2.75) is 111 Å². The Morgan fingerprint density at radius 2 is 0.974 bits per heavy atom. The van der Waals surface area contributed by atoms with Crippen LogP contribution in [-0.4, -0.2) is 31.0 Å². The normalized spacial score (nSPS) is 18.1. The molecule has 38 heavy (non-hydrogen) atoms. The Morgan fingerprint density at radius 1 is 0.579 bits per heavy atom. The van der Waals surface area contributed by atoms with Crippen molar-refractivity contribution in [3.05, 3.63) is 57.6 Å². The summed E-state index contributed by atoms with van der Waals surface area (Å²) in [5.74, 6) is 2.01. The van der Waals surface area contributed by atoms with Gasteiger partial charge in [-0.1, -0.05) is 107 Å². The average molecular weight is 540 g/mol. The second kappa shape index (κ2) is 10.1. The maximum atomic E-state index is 7.04. The van der Waals surface area contributed by atoms with Gasteiger partial charge in [0.05, 0.1) is 13.2 Å². The molecule has 0 saturated carbocycles. The van der Waals surface area contributed by atoms with Crippen molar-refractivity contribution in [3.8, 4) is 11.5 Å². The molecule has 0 N–H and O–H groups in total. The first kappa shape index (κ1) is 29.4. The molecule has 0 spiro atoms. The van der Waals surface area contributed by atoms with Crippen molar-refractivity contribution in [2.75, 3.05) is 26.3 Å². The number of ether oxygens (including phenoxy) is 1. The summed E-state index contributed by atoms with van der Waals surface area (Å²) in [4.78, 5) is 0. The van der Waals surface area contributed by atoms with E-state index < -0.39 is 8.53 Å². The van der Waals surface area contributed by atoms with E-state index >= 15 is 0 Å². The van der Waals surface area contributed by atoms with Crippen LogP contribution in [0, 0.1) is 0 Å². The van der Waals surface area contributed by atoms with Crippen molar-refractivity contribution in [1.29, 1.82) is 0 Å². The van der Waals surface area contributed by atoms with E-state index in [4.69, 9.17) is 13.8 Å². The van der Waals surface area contributed by atoms with Crippen molar-refractivity contribution in [2.24, 2.45) is 0 Å². The van der Waals surface area contributed by atoms with Gasteiger partial charge in [0.25, 0.3) is 0 Å². The molecule has 1 fully saturated rings. The first-order valence-electron chi connectivity index (χ1n) is 14.2. The van der Waals surface area contributed by atoms with Gasteiger partial charge >= 0.3 is 8.53 Å². The fraction of sp³-hybridized carbons (Fsp3) is 0.636. The van der Waals surface area contributed by atoms with Crippen molar-refractivity contribution >= 4 is 8.53 Å². The van der Waals surface area contributed by atoms with Crippen LogP contribution in [0.5, 0.6) is 11.5 Å². The van der Waals surface area contributed by atoms with Crippen LogP contribution in [-0.2, 0) is 32.8 Å². The summed E-state index contributed by atoms with van der Waals surface area (Å²) in [6.45, 7) is 30.6. The molecule has 0 radical (unpaired) electrons. The summed E-state index contributed by atoms with van der Waals surface area (Å²) in [5.41, 5.74) is 7.69. The highest BCUT2D eigenvalue weighted by Gasteiger charge is 2.37. The van der Waals surface area contributed by atoms with Crippen molar-refractivity contribution in [3.63, 3.8) is 0 Å². The van der Waals surface area contributed by atoms with Gasteiger partial charge in [0.15, 0.2) is 0 Å². The highest BCUT2D eigenvalue weighted by Crippen LogP contribution is 2.54. The Balaban J connectivity index is 2.03. The predicted octanol–water partition coefficient (Wildman–Crippen LogP) is 8.80. The zero-order chi connectivity index (χ0) is 28.3. The molecule has 2 aromatic carbocycles. The first-order valence-corrected chi connectivity index (χ1v) is 15.3. The third kappa shape index (κ3) is 6.24. The molecule has 0 aromatic heterocycles. The lowest BCUT2D eigenvalue weighted by Gasteiger charge is -2.38. The molecular formula is C33H50NO3P. The van der Waals surface area contributed by atoms with Crippen LogP contribution < -0.4 is 9.05 Å². The summed E-state index contributed by atoms with van der Waals surface area (Å²) >= 11 is 0. The zero-order valence-electron chi connectivity index (χ0n) is 26.0. The molecule has 0 amide bonds. The lowest BCUT2D eigenvalue weighted by molar-refractivity contribution is 0.0683. The van der Waals surface area contributed by atoms with Crippen molar-refractivity contribution < 1.29 is 13.8 Å². The van der Waals surface area contributed by atoms with Crippen LogP contribution in [0.25, 0.3) is 0 Å². The number of hydrogen-bond acceptors (Lipinski definition) is 4. The second-order valence-corrected chi connectivity index (χ2v) is 16.6. The van der Waals surface area contributed by atoms with Gasteiger partial charge in [0.1, 0.15) is 11.5 Å². The molecule has 2 heterocycles. The third-order valence-electron chi connectivity index (χ3n) is 7.62. The molecule has 0 atom stereocenters. The summed E-state index contributed by atoms with van der Waals surface area (Å²) < 4.78 is 22.1. The smallest absolute Gasteiger partial charge is 0.384 e. The molecule has 4 rings (SSSR count). The van der Waals surface area contributed by atoms with Gasteiger partial charge in [-0.05, 0) is 43.9 Å². The maximum Gasteiger partial charge on any atom is 0.384 e. The summed E-state index contributed by atoms with van der Waals surface area (Å²) in [7, 11) is -1.36. The van der Waals surface area contributed by atoms with E-state index in [1.54, 1.807) is 0 Å². The molecule has 210 valence electrons. The largest absolute Gasteiger partial charge is 0.426 e.